The fourth-order valence-corrected chi connectivity index (χ4v) is 5.37. The van der Waals surface area contributed by atoms with Crippen molar-refractivity contribution in [3.63, 3.8) is 0 Å². The second-order valence-corrected chi connectivity index (χ2v) is 9.11. The van der Waals surface area contributed by atoms with Gasteiger partial charge >= 0.3 is 0 Å². The number of hydrogen-bond acceptors (Lipinski definition) is 4. The number of benzene rings is 1. The van der Waals surface area contributed by atoms with E-state index in [0.717, 1.165) is 62.1 Å². The van der Waals surface area contributed by atoms with Crippen LogP contribution in [0, 0.1) is 13.8 Å². The zero-order valence-corrected chi connectivity index (χ0v) is 18.5. The van der Waals surface area contributed by atoms with Gasteiger partial charge in [0.15, 0.2) is 0 Å². The molecule has 4 nitrogen and oxygen atoms in total. The van der Waals surface area contributed by atoms with Crippen LogP contribution in [-0.2, 0) is 6.42 Å². The highest BCUT2D eigenvalue weighted by Gasteiger charge is 2.17. The molecule has 152 valence electrons. The summed E-state index contributed by atoms with van der Waals surface area (Å²) in [7, 11) is 0. The Balaban J connectivity index is 1.38. The topological polar surface area (TPSA) is 45.2 Å². The van der Waals surface area contributed by atoms with E-state index < -0.39 is 0 Å². The van der Waals surface area contributed by atoms with Gasteiger partial charge in [-0.1, -0.05) is 17.7 Å². The van der Waals surface area contributed by atoms with E-state index in [4.69, 9.17) is 11.6 Å². The summed E-state index contributed by atoms with van der Waals surface area (Å²) in [6, 6.07) is 10.3. The normalized spacial score (nSPS) is 14.4. The molecule has 4 rings (SSSR count). The first kappa shape index (κ1) is 20.2. The van der Waals surface area contributed by atoms with Gasteiger partial charge < -0.3 is 10.2 Å². The van der Waals surface area contributed by atoms with Crippen LogP contribution in [0.25, 0.3) is 10.2 Å². The third-order valence-corrected chi connectivity index (χ3v) is 7.06. The number of carbonyl (C=O) groups is 1. The SMILES string of the molecule is Cc1ccc2c(C)c(C(=O)NCCc3ccc(N4CCCCC4)c(Cl)c3)sc2n1. The van der Waals surface area contributed by atoms with Crippen molar-refractivity contribution in [2.24, 2.45) is 0 Å². The van der Waals surface area contributed by atoms with E-state index in [-0.39, 0.29) is 5.91 Å². The van der Waals surface area contributed by atoms with Crippen LogP contribution in [-0.4, -0.2) is 30.5 Å². The van der Waals surface area contributed by atoms with E-state index in [1.54, 1.807) is 0 Å². The first-order chi connectivity index (χ1) is 14.0. The fraction of sp³-hybridized carbons (Fsp3) is 0.391. The van der Waals surface area contributed by atoms with Gasteiger partial charge in [0.1, 0.15) is 4.83 Å². The molecule has 2 aromatic heterocycles. The summed E-state index contributed by atoms with van der Waals surface area (Å²) in [6.45, 7) is 6.70. The number of piperidine rings is 1. The largest absolute Gasteiger partial charge is 0.370 e. The first-order valence-electron chi connectivity index (χ1n) is 10.2. The molecule has 0 aliphatic carbocycles. The van der Waals surface area contributed by atoms with Crippen LogP contribution < -0.4 is 10.2 Å². The van der Waals surface area contributed by atoms with E-state index in [2.05, 4.69) is 27.3 Å². The quantitative estimate of drug-likeness (QED) is 0.582. The summed E-state index contributed by atoms with van der Waals surface area (Å²) in [5, 5.41) is 4.92. The minimum atomic E-state index is -0.0285. The lowest BCUT2D eigenvalue weighted by molar-refractivity contribution is 0.0957. The summed E-state index contributed by atoms with van der Waals surface area (Å²) in [4.78, 5) is 21.3. The van der Waals surface area contributed by atoms with Crippen molar-refractivity contribution in [2.45, 2.75) is 39.5 Å². The summed E-state index contributed by atoms with van der Waals surface area (Å²) < 4.78 is 0. The third kappa shape index (κ3) is 4.41. The molecule has 1 fully saturated rings. The number of thiophene rings is 1. The number of amides is 1. The van der Waals surface area contributed by atoms with Gasteiger partial charge in [-0.3, -0.25) is 4.79 Å². The Morgan fingerprint density at radius 3 is 2.72 bits per heavy atom. The van der Waals surface area contributed by atoms with Crippen molar-refractivity contribution < 1.29 is 4.79 Å². The molecule has 1 aliphatic heterocycles. The van der Waals surface area contributed by atoms with Crippen molar-refractivity contribution >= 4 is 44.7 Å². The van der Waals surface area contributed by atoms with Gasteiger partial charge in [-0.25, -0.2) is 4.98 Å². The van der Waals surface area contributed by atoms with Crippen molar-refractivity contribution in [2.75, 3.05) is 24.5 Å². The van der Waals surface area contributed by atoms with Gasteiger partial charge in [-0.2, -0.15) is 0 Å². The highest BCUT2D eigenvalue weighted by Crippen LogP contribution is 2.30. The Bertz CT molecular complexity index is 1040. The molecule has 1 saturated heterocycles. The molecule has 29 heavy (non-hydrogen) atoms. The van der Waals surface area contributed by atoms with E-state index in [1.807, 2.05) is 32.0 Å². The Morgan fingerprint density at radius 1 is 1.17 bits per heavy atom. The van der Waals surface area contributed by atoms with Gasteiger partial charge in [0, 0.05) is 30.7 Å². The van der Waals surface area contributed by atoms with Crippen LogP contribution in [0.2, 0.25) is 5.02 Å². The Labute approximate surface area is 180 Å². The standard InChI is InChI=1S/C23H26ClN3OS/c1-15-6-8-18-16(2)21(29-23(18)26-15)22(28)25-11-10-17-7-9-20(19(24)14-17)27-12-4-3-5-13-27/h6-9,14H,3-5,10-13H2,1-2H3,(H,25,28). The highest BCUT2D eigenvalue weighted by atomic mass is 35.5. The number of nitrogens with zero attached hydrogens (tertiary/aromatic N) is 2. The molecule has 0 unspecified atom stereocenters. The molecule has 3 heterocycles. The number of hydrogen-bond donors (Lipinski definition) is 1. The van der Waals surface area contributed by atoms with Crippen molar-refractivity contribution in [3.8, 4) is 0 Å². The summed E-state index contributed by atoms with van der Waals surface area (Å²) >= 11 is 8.01. The number of aryl methyl sites for hydroxylation is 2. The number of rotatable bonds is 5. The van der Waals surface area contributed by atoms with Crippen molar-refractivity contribution in [1.82, 2.24) is 10.3 Å². The average molecular weight is 428 g/mol. The molecule has 3 aromatic rings. The molecule has 0 bridgehead atoms. The molecule has 0 atom stereocenters. The van der Waals surface area contributed by atoms with Crippen LogP contribution in [0.1, 0.15) is 45.8 Å². The number of pyridine rings is 1. The Kier molecular flexibility index (Phi) is 6.07. The molecule has 1 amide bonds. The fourth-order valence-electron chi connectivity index (χ4n) is 3.91. The second-order valence-electron chi connectivity index (χ2n) is 7.70. The van der Waals surface area contributed by atoms with E-state index >= 15 is 0 Å². The molecule has 1 N–H and O–H groups in total. The Morgan fingerprint density at radius 2 is 1.97 bits per heavy atom. The van der Waals surface area contributed by atoms with Crippen LogP contribution in [0.4, 0.5) is 5.69 Å². The van der Waals surface area contributed by atoms with Gasteiger partial charge in [0.05, 0.1) is 15.6 Å². The van der Waals surface area contributed by atoms with Crippen molar-refractivity contribution in [1.29, 1.82) is 0 Å². The zero-order valence-electron chi connectivity index (χ0n) is 16.9. The predicted molar refractivity (Wildman–Crippen MR) is 123 cm³/mol. The lowest BCUT2D eigenvalue weighted by Gasteiger charge is -2.29. The maximum absolute atomic E-state index is 12.7. The number of carbonyl (C=O) groups excluding carboxylic acids is 1. The number of aromatic nitrogens is 1. The van der Waals surface area contributed by atoms with Crippen LogP contribution >= 0.6 is 22.9 Å². The molecule has 0 radical (unpaired) electrons. The highest BCUT2D eigenvalue weighted by molar-refractivity contribution is 7.20. The van der Waals surface area contributed by atoms with E-state index in [9.17, 15) is 4.79 Å². The average Bonchev–Trinajstić information content (AvgIpc) is 3.04. The Hall–Kier alpha value is -2.11. The van der Waals surface area contributed by atoms with Gasteiger partial charge in [-0.05, 0) is 74.9 Å². The second kappa shape index (κ2) is 8.72. The molecule has 0 spiro atoms. The molecule has 0 saturated carbocycles. The van der Waals surface area contributed by atoms with Crippen LogP contribution in [0.5, 0.6) is 0 Å². The monoisotopic (exact) mass is 427 g/mol. The predicted octanol–water partition coefficient (Wildman–Crippen LogP) is 5.53. The van der Waals surface area contributed by atoms with Gasteiger partial charge in [0.25, 0.3) is 5.91 Å². The molecule has 1 aliphatic rings. The first-order valence-corrected chi connectivity index (χ1v) is 11.4. The minimum Gasteiger partial charge on any atom is -0.370 e. The maximum Gasteiger partial charge on any atom is 0.261 e. The number of nitrogens with one attached hydrogen (secondary N) is 1. The van der Waals surface area contributed by atoms with Crippen LogP contribution in [0.3, 0.4) is 0 Å². The van der Waals surface area contributed by atoms with Gasteiger partial charge in [0.2, 0.25) is 0 Å². The molecular weight excluding hydrogens is 402 g/mol. The smallest absolute Gasteiger partial charge is 0.261 e. The van der Waals surface area contributed by atoms with E-state index in [0.29, 0.717) is 6.54 Å². The number of halogens is 1. The van der Waals surface area contributed by atoms with Crippen molar-refractivity contribution in [3.05, 3.63) is 57.1 Å². The van der Waals surface area contributed by atoms with E-state index in [1.165, 1.54) is 30.6 Å². The number of fused-ring (bicyclic) bond motifs is 1. The molecular formula is C23H26ClN3OS. The number of anilines is 1. The maximum atomic E-state index is 12.7. The zero-order chi connectivity index (χ0) is 20.4. The summed E-state index contributed by atoms with van der Waals surface area (Å²) in [5.74, 6) is -0.0285. The minimum absolute atomic E-state index is 0.0285. The lowest BCUT2D eigenvalue weighted by atomic mass is 10.1. The third-order valence-electron chi connectivity index (χ3n) is 5.56. The summed E-state index contributed by atoms with van der Waals surface area (Å²) in [5.41, 5.74) is 4.24. The molecule has 1 aromatic carbocycles. The van der Waals surface area contributed by atoms with Gasteiger partial charge in [-0.15, -0.1) is 11.3 Å². The molecule has 6 heteroatoms. The van der Waals surface area contributed by atoms with Crippen LogP contribution in [0.15, 0.2) is 30.3 Å². The summed E-state index contributed by atoms with van der Waals surface area (Å²) in [6.07, 6.45) is 4.53. The lowest BCUT2D eigenvalue weighted by Crippen LogP contribution is -2.29.